The van der Waals surface area contributed by atoms with E-state index in [0.717, 1.165) is 16.7 Å². The average molecular weight is 636 g/mol. The van der Waals surface area contributed by atoms with Gasteiger partial charge in [-0.05, 0) is 23.1 Å². The fourth-order valence-corrected chi connectivity index (χ4v) is 7.78. The van der Waals surface area contributed by atoms with Gasteiger partial charge >= 0.3 is 12.1 Å². The molecule has 0 saturated carbocycles. The molecule has 2 saturated heterocycles. The van der Waals surface area contributed by atoms with Crippen LogP contribution in [0.3, 0.4) is 0 Å². The quantitative estimate of drug-likeness (QED) is 0.306. The summed E-state index contributed by atoms with van der Waals surface area (Å²) in [7, 11) is 0. The van der Waals surface area contributed by atoms with Crippen LogP contribution in [0.2, 0.25) is 0 Å². The number of aliphatic carboxylic acids is 1. The van der Waals surface area contributed by atoms with Crippen molar-refractivity contribution in [3.63, 3.8) is 0 Å². The molecule has 2 aliphatic heterocycles. The van der Waals surface area contributed by atoms with Crippen molar-refractivity contribution < 1.29 is 34.1 Å². The fourth-order valence-electron chi connectivity index (χ4n) is 5.21. The van der Waals surface area contributed by atoms with Crippen LogP contribution in [0.5, 0.6) is 0 Å². The van der Waals surface area contributed by atoms with E-state index in [1.54, 1.807) is 24.3 Å². The lowest BCUT2D eigenvalue weighted by molar-refractivity contribution is -0.149. The molecule has 0 spiro atoms. The zero-order chi connectivity index (χ0) is 31.1. The number of aliphatic hydroxyl groups excluding tert-OH is 1. The number of nitrogens with one attached hydrogen (secondary N) is 1. The first-order valence-electron chi connectivity index (χ1n) is 14.1. The van der Waals surface area contributed by atoms with Crippen LogP contribution in [0, 0.1) is 0 Å². The molecule has 2 aliphatic rings. The Morgan fingerprint density at radius 2 is 1.48 bits per heavy atom. The van der Waals surface area contributed by atoms with Gasteiger partial charge in [0.05, 0.1) is 11.9 Å². The molecule has 12 heteroatoms. The van der Waals surface area contributed by atoms with Gasteiger partial charge in [0.15, 0.2) is 6.10 Å². The number of carboxylic acid groups (broad SMARTS) is 1. The largest absolute Gasteiger partial charge is 0.479 e. The standard InChI is InChI=1S/C32H33N3O7S2/c36-27(31(39)40)24(16-21-10-4-1-5-11-21)33-28(37)25-19-44-30(23-14-8-3-9-15-23)35(25)29(38)26-18-43-20-34(26)32(41)42-17-22-12-6-2-7-13-22/h1-15,24-27,30,36H,16-20H2,(H,33,37)(H,39,40)/t24-,25-,26-,27?,30?/m0/s1. The lowest BCUT2D eigenvalue weighted by Gasteiger charge is -2.34. The molecule has 0 radical (unpaired) electrons. The molecule has 10 nitrogen and oxygen atoms in total. The zero-order valence-electron chi connectivity index (χ0n) is 23.7. The van der Waals surface area contributed by atoms with Crippen LogP contribution in [0.1, 0.15) is 22.1 Å². The van der Waals surface area contributed by atoms with Crippen molar-refractivity contribution >= 4 is 47.4 Å². The highest BCUT2D eigenvalue weighted by atomic mass is 32.2. The Labute approximate surface area is 263 Å². The Morgan fingerprint density at radius 3 is 2.11 bits per heavy atom. The predicted molar refractivity (Wildman–Crippen MR) is 168 cm³/mol. The minimum absolute atomic E-state index is 0.0632. The molecule has 2 unspecified atom stereocenters. The van der Waals surface area contributed by atoms with E-state index < -0.39 is 53.5 Å². The van der Waals surface area contributed by atoms with Crippen LogP contribution in [0.25, 0.3) is 0 Å². The first-order valence-corrected chi connectivity index (χ1v) is 16.3. The minimum atomic E-state index is -1.86. The Kier molecular flexibility index (Phi) is 10.5. The van der Waals surface area contributed by atoms with Crippen molar-refractivity contribution in [2.24, 2.45) is 0 Å². The van der Waals surface area contributed by atoms with Gasteiger partial charge in [0.25, 0.3) is 0 Å². The first-order chi connectivity index (χ1) is 21.3. The Balaban J connectivity index is 1.37. The summed E-state index contributed by atoms with van der Waals surface area (Å²) in [6.45, 7) is 0.0632. The summed E-state index contributed by atoms with van der Waals surface area (Å²) in [5.74, 6) is -1.59. The molecule has 3 N–H and O–H groups in total. The van der Waals surface area contributed by atoms with Gasteiger partial charge in [-0.3, -0.25) is 14.5 Å². The molecule has 0 bridgehead atoms. The van der Waals surface area contributed by atoms with Crippen molar-refractivity contribution in [1.29, 1.82) is 0 Å². The molecule has 3 aromatic carbocycles. The maximum atomic E-state index is 14.3. The van der Waals surface area contributed by atoms with Gasteiger partial charge in [0.1, 0.15) is 24.1 Å². The summed E-state index contributed by atoms with van der Waals surface area (Å²) in [6, 6.07) is 24.6. The first kappa shape index (κ1) is 31.4. The molecule has 2 heterocycles. The van der Waals surface area contributed by atoms with E-state index in [0.29, 0.717) is 5.75 Å². The molecular formula is C32H33N3O7S2. The molecular weight excluding hydrogens is 603 g/mol. The maximum absolute atomic E-state index is 14.3. The van der Waals surface area contributed by atoms with Crippen LogP contribution < -0.4 is 5.32 Å². The van der Waals surface area contributed by atoms with Crippen LogP contribution in [0.4, 0.5) is 4.79 Å². The number of amides is 3. The lowest BCUT2D eigenvalue weighted by atomic mass is 10.0. The molecule has 5 atom stereocenters. The summed E-state index contributed by atoms with van der Waals surface area (Å²) in [5, 5.41) is 22.3. The number of hydrogen-bond acceptors (Lipinski definition) is 8. The predicted octanol–water partition coefficient (Wildman–Crippen LogP) is 3.51. The van der Waals surface area contributed by atoms with E-state index in [1.165, 1.54) is 33.3 Å². The summed E-state index contributed by atoms with van der Waals surface area (Å²) >= 11 is 2.84. The van der Waals surface area contributed by atoms with Gasteiger partial charge in [-0.25, -0.2) is 9.59 Å². The maximum Gasteiger partial charge on any atom is 0.411 e. The van der Waals surface area contributed by atoms with E-state index in [2.05, 4.69) is 5.32 Å². The number of aliphatic hydroxyl groups is 1. The molecule has 2 fully saturated rings. The van der Waals surface area contributed by atoms with Crippen LogP contribution in [-0.2, 0) is 32.1 Å². The van der Waals surface area contributed by atoms with Gasteiger partial charge < -0.3 is 25.2 Å². The van der Waals surface area contributed by atoms with E-state index in [4.69, 9.17) is 4.74 Å². The molecule has 44 heavy (non-hydrogen) atoms. The molecule has 0 aromatic heterocycles. The number of carbonyl (C=O) groups excluding carboxylic acids is 3. The van der Waals surface area contributed by atoms with Gasteiger partial charge in [0, 0.05) is 11.5 Å². The topological polar surface area (TPSA) is 136 Å². The van der Waals surface area contributed by atoms with Crippen LogP contribution in [0.15, 0.2) is 91.0 Å². The van der Waals surface area contributed by atoms with E-state index >= 15 is 0 Å². The Morgan fingerprint density at radius 1 is 0.864 bits per heavy atom. The van der Waals surface area contributed by atoms with Gasteiger partial charge in [-0.1, -0.05) is 91.0 Å². The summed E-state index contributed by atoms with van der Waals surface area (Å²) < 4.78 is 5.53. The monoisotopic (exact) mass is 635 g/mol. The summed E-state index contributed by atoms with van der Waals surface area (Å²) in [4.78, 5) is 55.9. The van der Waals surface area contributed by atoms with Crippen molar-refractivity contribution in [1.82, 2.24) is 15.1 Å². The molecule has 3 amide bonds. The number of benzene rings is 3. The number of nitrogens with zero attached hydrogens (tertiary/aromatic N) is 2. The Bertz CT molecular complexity index is 1450. The average Bonchev–Trinajstić information content (AvgIpc) is 3.73. The number of carboxylic acids is 1. The third-order valence-electron chi connectivity index (χ3n) is 7.51. The van der Waals surface area contributed by atoms with Crippen LogP contribution in [-0.4, -0.2) is 85.5 Å². The smallest absolute Gasteiger partial charge is 0.411 e. The number of carbonyl (C=O) groups is 4. The van der Waals surface area contributed by atoms with Crippen LogP contribution >= 0.6 is 23.5 Å². The van der Waals surface area contributed by atoms with Gasteiger partial charge in [-0.15, -0.1) is 23.5 Å². The van der Waals surface area contributed by atoms with Crippen molar-refractivity contribution in [3.8, 4) is 0 Å². The summed E-state index contributed by atoms with van der Waals surface area (Å²) in [5.41, 5.74) is 2.37. The molecule has 3 aromatic rings. The van der Waals surface area contributed by atoms with E-state index in [9.17, 15) is 29.4 Å². The minimum Gasteiger partial charge on any atom is -0.479 e. The zero-order valence-corrected chi connectivity index (χ0v) is 25.4. The second kappa shape index (κ2) is 14.7. The van der Waals surface area contributed by atoms with Crippen molar-refractivity contribution in [2.75, 3.05) is 17.4 Å². The van der Waals surface area contributed by atoms with E-state index in [1.807, 2.05) is 66.7 Å². The van der Waals surface area contributed by atoms with Crippen molar-refractivity contribution in [2.45, 2.75) is 42.6 Å². The van der Waals surface area contributed by atoms with E-state index in [-0.39, 0.29) is 24.7 Å². The second-order valence-corrected chi connectivity index (χ2v) is 12.6. The highest BCUT2D eigenvalue weighted by molar-refractivity contribution is 8.00. The number of hydrogen-bond donors (Lipinski definition) is 3. The highest BCUT2D eigenvalue weighted by Crippen LogP contribution is 2.43. The third kappa shape index (κ3) is 7.37. The normalized spacial score (nSPS) is 21.0. The number of thioether (sulfide) groups is 2. The fraction of sp³-hybridized carbons (Fsp3) is 0.312. The highest BCUT2D eigenvalue weighted by Gasteiger charge is 2.48. The molecule has 230 valence electrons. The van der Waals surface area contributed by atoms with Gasteiger partial charge in [-0.2, -0.15) is 0 Å². The lowest BCUT2D eigenvalue weighted by Crippen LogP contribution is -2.57. The van der Waals surface area contributed by atoms with Gasteiger partial charge in [0.2, 0.25) is 11.8 Å². The molecule has 5 rings (SSSR count). The number of ether oxygens (including phenoxy) is 1. The summed E-state index contributed by atoms with van der Waals surface area (Å²) in [6.07, 6.45) is -2.40. The second-order valence-electron chi connectivity index (χ2n) is 10.5. The van der Waals surface area contributed by atoms with Crippen molar-refractivity contribution in [3.05, 3.63) is 108 Å². The molecule has 0 aliphatic carbocycles. The number of rotatable bonds is 10. The SMILES string of the molecule is O=C(O)C(O)[C@H](Cc1ccccc1)NC(=O)[C@@H]1CSC(c2ccccc2)N1C(=O)[C@@H]1CSCN1C(=O)OCc1ccccc1. The Hall–Kier alpha value is -4.00. The third-order valence-corrected chi connectivity index (χ3v) is 9.84.